The summed E-state index contributed by atoms with van der Waals surface area (Å²) in [6, 6.07) is 16.5. The van der Waals surface area contributed by atoms with Crippen LogP contribution in [0.3, 0.4) is 0 Å². The lowest BCUT2D eigenvalue weighted by Crippen LogP contribution is -2.52. The van der Waals surface area contributed by atoms with E-state index in [1.165, 1.54) is 5.69 Å². The highest BCUT2D eigenvalue weighted by atomic mass is 16.6. The molecule has 2 aromatic carbocycles. The molecule has 0 spiro atoms. The molecule has 2 amide bonds. The predicted molar refractivity (Wildman–Crippen MR) is 112 cm³/mol. The van der Waals surface area contributed by atoms with E-state index in [4.69, 9.17) is 9.47 Å². The summed E-state index contributed by atoms with van der Waals surface area (Å²) in [6.45, 7) is 4.34. The van der Waals surface area contributed by atoms with Crippen LogP contribution in [0.5, 0.6) is 11.5 Å². The minimum atomic E-state index is 0.0319. The second kappa shape index (κ2) is 7.85. The first-order valence-corrected chi connectivity index (χ1v) is 10.5. The van der Waals surface area contributed by atoms with Crippen molar-refractivity contribution in [3.8, 4) is 11.5 Å². The van der Waals surface area contributed by atoms with Gasteiger partial charge >= 0.3 is 6.03 Å². The number of piperazine rings is 1. The molecule has 0 aromatic heterocycles. The van der Waals surface area contributed by atoms with Crippen molar-refractivity contribution in [2.24, 2.45) is 5.92 Å². The minimum Gasteiger partial charge on any atom is -0.486 e. The van der Waals surface area contributed by atoms with Gasteiger partial charge in [0.25, 0.3) is 0 Å². The number of hydrogen-bond donors (Lipinski definition) is 1. The molecule has 1 N–H and O–H groups in total. The number of urea groups is 1. The maximum absolute atomic E-state index is 13.0. The molecule has 1 unspecified atom stereocenters. The smallest absolute Gasteiger partial charge is 0.318 e. The number of rotatable bonds is 4. The van der Waals surface area contributed by atoms with Crippen molar-refractivity contribution in [1.82, 2.24) is 10.2 Å². The summed E-state index contributed by atoms with van der Waals surface area (Å²) in [4.78, 5) is 17.3. The van der Waals surface area contributed by atoms with Crippen LogP contribution in [0.25, 0.3) is 0 Å². The largest absolute Gasteiger partial charge is 0.486 e. The molecular weight excluding hydrogens is 366 g/mol. The molecule has 6 nitrogen and oxygen atoms in total. The van der Waals surface area contributed by atoms with Crippen LogP contribution in [-0.4, -0.2) is 50.3 Å². The minimum absolute atomic E-state index is 0.0319. The van der Waals surface area contributed by atoms with Crippen molar-refractivity contribution < 1.29 is 14.3 Å². The van der Waals surface area contributed by atoms with Crippen LogP contribution in [0.15, 0.2) is 48.5 Å². The highest BCUT2D eigenvalue weighted by molar-refractivity contribution is 5.75. The van der Waals surface area contributed by atoms with Crippen molar-refractivity contribution in [1.29, 1.82) is 0 Å². The van der Waals surface area contributed by atoms with E-state index in [2.05, 4.69) is 40.5 Å². The third-order valence-electron chi connectivity index (χ3n) is 5.99. The average molecular weight is 393 g/mol. The van der Waals surface area contributed by atoms with E-state index in [0.717, 1.165) is 56.1 Å². The number of amides is 2. The predicted octanol–water partition coefficient (Wildman–Crippen LogP) is 3.44. The van der Waals surface area contributed by atoms with Crippen LogP contribution in [0.2, 0.25) is 0 Å². The SMILES string of the molecule is O=C(NC(c1ccc2c(c1)OCCO2)C1CC1)N1CCN(c2ccccc2)CC1. The molecule has 1 saturated carbocycles. The quantitative estimate of drug-likeness (QED) is 0.865. The summed E-state index contributed by atoms with van der Waals surface area (Å²) >= 11 is 0. The maximum atomic E-state index is 13.0. The second-order valence-corrected chi connectivity index (χ2v) is 7.98. The lowest BCUT2D eigenvalue weighted by atomic mass is 10.0. The summed E-state index contributed by atoms with van der Waals surface area (Å²) in [5, 5.41) is 3.30. The Labute approximate surface area is 171 Å². The van der Waals surface area contributed by atoms with Gasteiger partial charge < -0.3 is 24.6 Å². The number of ether oxygens (including phenoxy) is 2. The standard InChI is InChI=1S/C23H27N3O3/c27-23(26-12-10-25(11-13-26)19-4-2-1-3-5-19)24-22(17-6-7-17)18-8-9-20-21(16-18)29-15-14-28-20/h1-5,8-9,16-17,22H,6-7,10-15H2,(H,24,27). The first kappa shape index (κ1) is 18.2. The molecule has 29 heavy (non-hydrogen) atoms. The molecule has 5 rings (SSSR count). The van der Waals surface area contributed by atoms with E-state index in [-0.39, 0.29) is 12.1 Å². The van der Waals surface area contributed by atoms with E-state index in [9.17, 15) is 4.79 Å². The Bertz CT molecular complexity index is 861. The summed E-state index contributed by atoms with van der Waals surface area (Å²) < 4.78 is 11.4. The Morgan fingerprint density at radius 2 is 1.66 bits per heavy atom. The third-order valence-corrected chi connectivity index (χ3v) is 5.99. The second-order valence-electron chi connectivity index (χ2n) is 7.98. The lowest BCUT2D eigenvalue weighted by molar-refractivity contribution is 0.171. The molecule has 2 fully saturated rings. The van der Waals surface area contributed by atoms with Gasteiger partial charge in [0.05, 0.1) is 6.04 Å². The molecule has 1 aliphatic carbocycles. The molecule has 6 heteroatoms. The number of fused-ring (bicyclic) bond motifs is 1. The molecule has 1 atom stereocenters. The van der Waals surface area contributed by atoms with E-state index in [0.29, 0.717) is 19.1 Å². The summed E-state index contributed by atoms with van der Waals surface area (Å²) in [5.41, 5.74) is 2.33. The number of carbonyl (C=O) groups is 1. The number of anilines is 1. The van der Waals surface area contributed by atoms with Crippen molar-refractivity contribution in [3.05, 3.63) is 54.1 Å². The molecule has 0 bridgehead atoms. The Hall–Kier alpha value is -2.89. The van der Waals surface area contributed by atoms with Gasteiger partial charge in [-0.25, -0.2) is 4.79 Å². The molecule has 0 radical (unpaired) electrons. The van der Waals surface area contributed by atoms with Gasteiger partial charge in [-0.1, -0.05) is 24.3 Å². The van der Waals surface area contributed by atoms with Gasteiger partial charge in [0, 0.05) is 31.9 Å². The van der Waals surface area contributed by atoms with Crippen LogP contribution in [0.1, 0.15) is 24.4 Å². The van der Waals surface area contributed by atoms with E-state index in [1.54, 1.807) is 0 Å². The molecule has 3 aliphatic rings. The Balaban J connectivity index is 1.23. The Morgan fingerprint density at radius 3 is 2.38 bits per heavy atom. The third kappa shape index (κ3) is 3.97. The van der Waals surface area contributed by atoms with E-state index in [1.807, 2.05) is 23.1 Å². The molecule has 152 valence electrons. The number of carbonyl (C=O) groups excluding carboxylic acids is 1. The highest BCUT2D eigenvalue weighted by Gasteiger charge is 2.35. The molecular formula is C23H27N3O3. The summed E-state index contributed by atoms with van der Waals surface area (Å²) in [5.74, 6) is 2.08. The van der Waals surface area contributed by atoms with Gasteiger partial charge in [-0.3, -0.25) is 0 Å². The molecule has 1 saturated heterocycles. The number of nitrogens with one attached hydrogen (secondary N) is 1. The van der Waals surface area contributed by atoms with Gasteiger partial charge in [-0.05, 0) is 48.6 Å². The topological polar surface area (TPSA) is 54.0 Å². The fourth-order valence-corrected chi connectivity index (χ4v) is 4.19. The van der Waals surface area contributed by atoms with Crippen molar-refractivity contribution in [2.75, 3.05) is 44.3 Å². The van der Waals surface area contributed by atoms with Gasteiger partial charge in [0.15, 0.2) is 11.5 Å². The zero-order valence-corrected chi connectivity index (χ0v) is 16.5. The van der Waals surface area contributed by atoms with Crippen LogP contribution in [0.4, 0.5) is 10.5 Å². The first-order chi connectivity index (χ1) is 14.3. The summed E-state index contributed by atoms with van der Waals surface area (Å²) in [7, 11) is 0. The number of nitrogens with zero attached hydrogens (tertiary/aromatic N) is 2. The normalized spacial score (nSPS) is 19.6. The Kier molecular flexibility index (Phi) is 4.92. The Morgan fingerprint density at radius 1 is 0.931 bits per heavy atom. The number of hydrogen-bond acceptors (Lipinski definition) is 4. The van der Waals surface area contributed by atoms with Crippen LogP contribution < -0.4 is 19.7 Å². The number of para-hydroxylation sites is 1. The summed E-state index contributed by atoms with van der Waals surface area (Å²) in [6.07, 6.45) is 2.31. The lowest BCUT2D eigenvalue weighted by Gasteiger charge is -2.37. The fraction of sp³-hybridized carbons (Fsp3) is 0.435. The monoisotopic (exact) mass is 393 g/mol. The molecule has 2 aromatic rings. The fourth-order valence-electron chi connectivity index (χ4n) is 4.19. The highest BCUT2D eigenvalue weighted by Crippen LogP contribution is 2.43. The van der Waals surface area contributed by atoms with Gasteiger partial charge in [0.2, 0.25) is 0 Å². The van der Waals surface area contributed by atoms with Crippen molar-refractivity contribution in [2.45, 2.75) is 18.9 Å². The average Bonchev–Trinajstić information content (AvgIpc) is 3.63. The zero-order chi connectivity index (χ0) is 19.6. The zero-order valence-electron chi connectivity index (χ0n) is 16.5. The van der Waals surface area contributed by atoms with Gasteiger partial charge in [-0.15, -0.1) is 0 Å². The van der Waals surface area contributed by atoms with E-state index >= 15 is 0 Å². The molecule has 2 heterocycles. The van der Waals surface area contributed by atoms with Crippen LogP contribution >= 0.6 is 0 Å². The first-order valence-electron chi connectivity index (χ1n) is 10.5. The van der Waals surface area contributed by atoms with Crippen LogP contribution in [0, 0.1) is 5.92 Å². The van der Waals surface area contributed by atoms with E-state index < -0.39 is 0 Å². The van der Waals surface area contributed by atoms with Crippen molar-refractivity contribution >= 4 is 11.7 Å². The number of benzene rings is 2. The van der Waals surface area contributed by atoms with Gasteiger partial charge in [0.1, 0.15) is 13.2 Å². The van der Waals surface area contributed by atoms with Crippen molar-refractivity contribution in [3.63, 3.8) is 0 Å². The van der Waals surface area contributed by atoms with Crippen LogP contribution in [-0.2, 0) is 0 Å². The molecule has 2 aliphatic heterocycles. The van der Waals surface area contributed by atoms with Gasteiger partial charge in [-0.2, -0.15) is 0 Å². The maximum Gasteiger partial charge on any atom is 0.318 e.